The van der Waals surface area contributed by atoms with Crippen molar-refractivity contribution >= 4 is 11.6 Å². The van der Waals surface area contributed by atoms with Crippen LogP contribution in [0.2, 0.25) is 0 Å². The molecule has 0 radical (unpaired) electrons. The second-order valence-corrected chi connectivity index (χ2v) is 3.08. The first-order chi connectivity index (χ1) is 5.72. The number of ether oxygens (including phenoxy) is 1. The van der Waals surface area contributed by atoms with Crippen LogP contribution in [-0.2, 0) is 6.42 Å². The number of allylic oxidation sites excluding steroid dienone is 1. The molecular formula is C10H11ClO. The molecule has 2 heteroatoms. The molecule has 0 aliphatic rings. The second kappa shape index (κ2) is 4.17. The Balaban J connectivity index is 2.79. The summed E-state index contributed by atoms with van der Waals surface area (Å²) in [6, 6.07) is 7.79. The molecule has 1 aromatic carbocycles. The van der Waals surface area contributed by atoms with Crippen LogP contribution in [0.15, 0.2) is 35.9 Å². The molecule has 0 unspecified atom stereocenters. The highest BCUT2D eigenvalue weighted by atomic mass is 35.5. The third-order valence-corrected chi connectivity index (χ3v) is 1.66. The first kappa shape index (κ1) is 9.14. The molecule has 12 heavy (non-hydrogen) atoms. The Morgan fingerprint density at radius 1 is 1.58 bits per heavy atom. The molecule has 0 atom stereocenters. The lowest BCUT2D eigenvalue weighted by Gasteiger charge is -2.02. The van der Waals surface area contributed by atoms with E-state index in [9.17, 15) is 0 Å². The minimum atomic E-state index is 0.642. The standard InChI is InChI=1S/C10H11ClO/c1-8(11)6-9-4-3-5-10(7-9)12-2/h3-5,7H,1,6H2,2H3. The third-order valence-electron chi connectivity index (χ3n) is 1.53. The van der Waals surface area contributed by atoms with Gasteiger partial charge >= 0.3 is 0 Å². The fourth-order valence-electron chi connectivity index (χ4n) is 1.00. The van der Waals surface area contributed by atoms with E-state index in [-0.39, 0.29) is 0 Å². The molecule has 0 bridgehead atoms. The topological polar surface area (TPSA) is 9.23 Å². The summed E-state index contributed by atoms with van der Waals surface area (Å²) in [4.78, 5) is 0. The van der Waals surface area contributed by atoms with Gasteiger partial charge in [-0.2, -0.15) is 0 Å². The van der Waals surface area contributed by atoms with Gasteiger partial charge in [-0.3, -0.25) is 0 Å². The number of halogens is 1. The van der Waals surface area contributed by atoms with Gasteiger partial charge in [-0.1, -0.05) is 30.3 Å². The van der Waals surface area contributed by atoms with Crippen molar-refractivity contribution in [2.45, 2.75) is 6.42 Å². The van der Waals surface area contributed by atoms with Crippen molar-refractivity contribution in [2.75, 3.05) is 7.11 Å². The van der Waals surface area contributed by atoms with E-state index in [4.69, 9.17) is 16.3 Å². The van der Waals surface area contributed by atoms with E-state index in [0.29, 0.717) is 11.5 Å². The molecule has 1 aromatic rings. The van der Waals surface area contributed by atoms with E-state index in [1.54, 1.807) is 7.11 Å². The predicted molar refractivity (Wildman–Crippen MR) is 51.7 cm³/mol. The van der Waals surface area contributed by atoms with Gasteiger partial charge in [0.25, 0.3) is 0 Å². The SMILES string of the molecule is C=C(Cl)Cc1cccc(OC)c1. The summed E-state index contributed by atoms with van der Waals surface area (Å²) in [6.07, 6.45) is 0.693. The molecule has 0 fully saturated rings. The van der Waals surface area contributed by atoms with Crippen LogP contribution >= 0.6 is 11.6 Å². The first-order valence-electron chi connectivity index (χ1n) is 3.68. The van der Waals surface area contributed by atoms with Gasteiger partial charge in [0.15, 0.2) is 0 Å². The number of rotatable bonds is 3. The number of methoxy groups -OCH3 is 1. The van der Waals surface area contributed by atoms with Crippen LogP contribution in [0.4, 0.5) is 0 Å². The van der Waals surface area contributed by atoms with E-state index in [1.165, 1.54) is 0 Å². The molecule has 0 aromatic heterocycles. The lowest BCUT2D eigenvalue weighted by molar-refractivity contribution is 0.414. The maximum Gasteiger partial charge on any atom is 0.119 e. The molecule has 0 N–H and O–H groups in total. The monoisotopic (exact) mass is 182 g/mol. The predicted octanol–water partition coefficient (Wildman–Crippen LogP) is 2.99. The second-order valence-electron chi connectivity index (χ2n) is 2.55. The van der Waals surface area contributed by atoms with Gasteiger partial charge in [0.2, 0.25) is 0 Å². The fourth-order valence-corrected chi connectivity index (χ4v) is 1.16. The molecule has 1 nitrogen and oxygen atoms in total. The highest BCUT2D eigenvalue weighted by molar-refractivity contribution is 6.29. The minimum absolute atomic E-state index is 0.642. The van der Waals surface area contributed by atoms with Gasteiger partial charge < -0.3 is 4.74 Å². The quantitative estimate of drug-likeness (QED) is 0.699. The van der Waals surface area contributed by atoms with Gasteiger partial charge in [0, 0.05) is 11.5 Å². The van der Waals surface area contributed by atoms with Crippen molar-refractivity contribution < 1.29 is 4.74 Å². The van der Waals surface area contributed by atoms with Crippen molar-refractivity contribution in [3.05, 3.63) is 41.4 Å². The zero-order valence-corrected chi connectivity index (χ0v) is 7.77. The molecular weight excluding hydrogens is 172 g/mol. The summed E-state index contributed by atoms with van der Waals surface area (Å²) in [5.74, 6) is 0.852. The molecule has 0 amide bonds. The van der Waals surface area contributed by atoms with E-state index in [1.807, 2.05) is 24.3 Å². The molecule has 1 rings (SSSR count). The van der Waals surface area contributed by atoms with Crippen LogP contribution < -0.4 is 4.74 Å². The van der Waals surface area contributed by atoms with E-state index in [0.717, 1.165) is 11.3 Å². The lowest BCUT2D eigenvalue weighted by atomic mass is 10.1. The van der Waals surface area contributed by atoms with Crippen LogP contribution in [0.5, 0.6) is 5.75 Å². The Bertz CT molecular complexity index is 281. The molecule has 0 spiro atoms. The molecule has 0 saturated carbocycles. The number of benzene rings is 1. The van der Waals surface area contributed by atoms with Crippen LogP contribution in [-0.4, -0.2) is 7.11 Å². The number of hydrogen-bond acceptors (Lipinski definition) is 1. The fraction of sp³-hybridized carbons (Fsp3) is 0.200. The van der Waals surface area contributed by atoms with E-state index in [2.05, 4.69) is 6.58 Å². The highest BCUT2D eigenvalue weighted by Crippen LogP contribution is 2.16. The van der Waals surface area contributed by atoms with Crippen LogP contribution in [0, 0.1) is 0 Å². The van der Waals surface area contributed by atoms with Crippen molar-refractivity contribution in [2.24, 2.45) is 0 Å². The molecule has 0 saturated heterocycles. The zero-order valence-electron chi connectivity index (χ0n) is 7.01. The Morgan fingerprint density at radius 2 is 2.33 bits per heavy atom. The Hall–Kier alpha value is -0.950. The average Bonchev–Trinajstić information content (AvgIpc) is 2.03. The molecule has 0 aliphatic heterocycles. The van der Waals surface area contributed by atoms with Gasteiger partial charge in [-0.05, 0) is 17.7 Å². The van der Waals surface area contributed by atoms with Crippen LogP contribution in [0.1, 0.15) is 5.56 Å². The van der Waals surface area contributed by atoms with Gasteiger partial charge in [0.05, 0.1) is 7.11 Å². The molecule has 64 valence electrons. The Labute approximate surface area is 77.6 Å². The largest absolute Gasteiger partial charge is 0.497 e. The number of hydrogen-bond donors (Lipinski definition) is 0. The maximum atomic E-state index is 5.67. The van der Waals surface area contributed by atoms with Crippen LogP contribution in [0.25, 0.3) is 0 Å². The Morgan fingerprint density at radius 3 is 2.92 bits per heavy atom. The van der Waals surface area contributed by atoms with E-state index < -0.39 is 0 Å². The smallest absolute Gasteiger partial charge is 0.119 e. The van der Waals surface area contributed by atoms with Gasteiger partial charge in [0.1, 0.15) is 5.75 Å². The summed E-state index contributed by atoms with van der Waals surface area (Å²) in [5, 5.41) is 0.642. The summed E-state index contributed by atoms with van der Waals surface area (Å²) >= 11 is 5.67. The Kier molecular flexibility index (Phi) is 3.18. The first-order valence-corrected chi connectivity index (χ1v) is 4.06. The summed E-state index contributed by atoms with van der Waals surface area (Å²) in [5.41, 5.74) is 1.12. The molecule has 0 aliphatic carbocycles. The normalized spacial score (nSPS) is 9.50. The van der Waals surface area contributed by atoms with Crippen LogP contribution in [0.3, 0.4) is 0 Å². The van der Waals surface area contributed by atoms with Gasteiger partial charge in [-0.15, -0.1) is 0 Å². The molecule has 0 heterocycles. The third kappa shape index (κ3) is 2.59. The van der Waals surface area contributed by atoms with Crippen molar-refractivity contribution in [1.82, 2.24) is 0 Å². The minimum Gasteiger partial charge on any atom is -0.497 e. The van der Waals surface area contributed by atoms with E-state index >= 15 is 0 Å². The zero-order chi connectivity index (χ0) is 8.97. The summed E-state index contributed by atoms with van der Waals surface area (Å²) in [7, 11) is 1.65. The summed E-state index contributed by atoms with van der Waals surface area (Å²) in [6.45, 7) is 3.63. The van der Waals surface area contributed by atoms with Crippen molar-refractivity contribution in [3.8, 4) is 5.75 Å². The lowest BCUT2D eigenvalue weighted by Crippen LogP contribution is -1.86. The summed E-state index contributed by atoms with van der Waals surface area (Å²) < 4.78 is 5.06. The van der Waals surface area contributed by atoms with Gasteiger partial charge in [-0.25, -0.2) is 0 Å². The average molecular weight is 183 g/mol. The van der Waals surface area contributed by atoms with Crippen molar-refractivity contribution in [1.29, 1.82) is 0 Å². The maximum absolute atomic E-state index is 5.67. The highest BCUT2D eigenvalue weighted by Gasteiger charge is 1.96. The van der Waals surface area contributed by atoms with Crippen molar-refractivity contribution in [3.63, 3.8) is 0 Å².